The highest BCUT2D eigenvalue weighted by Crippen LogP contribution is 2.25. The number of hydrogen-bond donors (Lipinski definition) is 1. The van der Waals surface area contributed by atoms with Crippen molar-refractivity contribution in [1.82, 2.24) is 4.37 Å². The second-order valence-electron chi connectivity index (χ2n) is 2.77. The van der Waals surface area contributed by atoms with Crippen molar-refractivity contribution in [2.75, 3.05) is 0 Å². The van der Waals surface area contributed by atoms with Crippen LogP contribution in [0.25, 0.3) is 10.1 Å². The number of nitrogens with zero attached hydrogens (tertiary/aromatic N) is 1. The van der Waals surface area contributed by atoms with Crippen LogP contribution in [0.2, 0.25) is 0 Å². The predicted molar refractivity (Wildman–Crippen MR) is 52.2 cm³/mol. The van der Waals surface area contributed by atoms with Crippen LogP contribution < -0.4 is 5.73 Å². The van der Waals surface area contributed by atoms with Gasteiger partial charge >= 0.3 is 0 Å². The van der Waals surface area contributed by atoms with Crippen LogP contribution in [0.15, 0.2) is 18.2 Å². The molecule has 0 fully saturated rings. The molecule has 2 rings (SSSR count). The molecule has 0 aliphatic carbocycles. The van der Waals surface area contributed by atoms with E-state index in [1.165, 1.54) is 27.2 Å². The minimum atomic E-state index is 0.596. The Morgan fingerprint density at radius 1 is 1.50 bits per heavy atom. The summed E-state index contributed by atoms with van der Waals surface area (Å²) in [7, 11) is 0. The van der Waals surface area contributed by atoms with Gasteiger partial charge < -0.3 is 5.73 Å². The smallest absolute Gasteiger partial charge is 0.0597 e. The van der Waals surface area contributed by atoms with Crippen LogP contribution in [-0.4, -0.2) is 4.37 Å². The maximum absolute atomic E-state index is 5.60. The van der Waals surface area contributed by atoms with E-state index in [9.17, 15) is 0 Å². The van der Waals surface area contributed by atoms with E-state index in [2.05, 4.69) is 16.5 Å². The standard InChI is InChI=1S/C9H10N2S/c1-6-8-4-2-3-7(5-10)9(8)12-11-6/h2-4H,5,10H2,1H3. The molecule has 0 aliphatic rings. The van der Waals surface area contributed by atoms with Crippen LogP contribution in [0.1, 0.15) is 11.3 Å². The molecular formula is C9H10N2S. The predicted octanol–water partition coefficient (Wildman–Crippen LogP) is 2.06. The van der Waals surface area contributed by atoms with Crippen molar-refractivity contribution < 1.29 is 0 Å². The van der Waals surface area contributed by atoms with E-state index < -0.39 is 0 Å². The first-order valence-electron chi connectivity index (χ1n) is 3.87. The molecule has 3 heteroatoms. The van der Waals surface area contributed by atoms with Crippen molar-refractivity contribution in [3.8, 4) is 0 Å². The molecule has 0 unspecified atom stereocenters. The van der Waals surface area contributed by atoms with Crippen molar-refractivity contribution in [2.45, 2.75) is 13.5 Å². The van der Waals surface area contributed by atoms with Gasteiger partial charge in [0.2, 0.25) is 0 Å². The molecule has 12 heavy (non-hydrogen) atoms. The van der Waals surface area contributed by atoms with Crippen molar-refractivity contribution >= 4 is 21.6 Å². The lowest BCUT2D eigenvalue weighted by atomic mass is 10.1. The summed E-state index contributed by atoms with van der Waals surface area (Å²) < 4.78 is 5.52. The average Bonchev–Trinajstić information content (AvgIpc) is 2.48. The van der Waals surface area contributed by atoms with Crippen molar-refractivity contribution in [3.05, 3.63) is 29.5 Å². The summed E-state index contributed by atoms with van der Waals surface area (Å²) in [6.45, 7) is 2.62. The Bertz CT molecular complexity index is 406. The van der Waals surface area contributed by atoms with Crippen LogP contribution in [0.4, 0.5) is 0 Å². The second-order valence-corrected chi connectivity index (χ2v) is 3.54. The van der Waals surface area contributed by atoms with Gasteiger partial charge in [-0.3, -0.25) is 0 Å². The van der Waals surface area contributed by atoms with Crippen molar-refractivity contribution in [2.24, 2.45) is 5.73 Å². The average molecular weight is 178 g/mol. The molecule has 0 aliphatic heterocycles. The lowest BCUT2D eigenvalue weighted by Gasteiger charge is -1.96. The molecule has 0 bridgehead atoms. The highest BCUT2D eigenvalue weighted by molar-refractivity contribution is 7.13. The topological polar surface area (TPSA) is 38.9 Å². The summed E-state index contributed by atoms with van der Waals surface area (Å²) in [4.78, 5) is 0. The molecule has 0 spiro atoms. The number of aromatic nitrogens is 1. The number of rotatable bonds is 1. The van der Waals surface area contributed by atoms with E-state index in [1.807, 2.05) is 13.0 Å². The first-order chi connectivity index (χ1) is 5.83. The largest absolute Gasteiger partial charge is 0.326 e. The van der Waals surface area contributed by atoms with Gasteiger partial charge in [-0.2, -0.15) is 4.37 Å². The Hall–Kier alpha value is -0.930. The Balaban J connectivity index is 2.81. The molecule has 2 aromatic rings. The molecule has 0 saturated heterocycles. The van der Waals surface area contributed by atoms with Crippen LogP contribution >= 0.6 is 11.5 Å². The maximum Gasteiger partial charge on any atom is 0.0597 e. The summed E-state index contributed by atoms with van der Waals surface area (Å²) in [5.74, 6) is 0. The molecule has 0 radical (unpaired) electrons. The zero-order valence-corrected chi connectivity index (χ0v) is 7.69. The molecule has 62 valence electrons. The quantitative estimate of drug-likeness (QED) is 0.726. The minimum absolute atomic E-state index is 0.596. The minimum Gasteiger partial charge on any atom is -0.326 e. The van der Waals surface area contributed by atoms with Crippen molar-refractivity contribution in [1.29, 1.82) is 0 Å². The zero-order chi connectivity index (χ0) is 8.55. The highest BCUT2D eigenvalue weighted by Gasteiger charge is 2.04. The van der Waals surface area contributed by atoms with E-state index in [0.29, 0.717) is 6.54 Å². The molecule has 1 heterocycles. The molecule has 2 nitrogen and oxygen atoms in total. The van der Waals surface area contributed by atoms with Gasteiger partial charge in [-0.1, -0.05) is 18.2 Å². The summed E-state index contributed by atoms with van der Waals surface area (Å²) in [5, 5.41) is 1.24. The van der Waals surface area contributed by atoms with E-state index in [0.717, 1.165) is 5.69 Å². The van der Waals surface area contributed by atoms with Gasteiger partial charge in [0.05, 0.1) is 10.4 Å². The Morgan fingerprint density at radius 3 is 3.08 bits per heavy atom. The second kappa shape index (κ2) is 2.84. The summed E-state index contributed by atoms with van der Waals surface area (Å²) in [5.41, 5.74) is 7.90. The number of hydrogen-bond acceptors (Lipinski definition) is 3. The normalized spacial score (nSPS) is 10.8. The van der Waals surface area contributed by atoms with E-state index in [-0.39, 0.29) is 0 Å². The van der Waals surface area contributed by atoms with Crippen LogP contribution in [0, 0.1) is 6.92 Å². The number of nitrogens with two attached hydrogens (primary N) is 1. The number of fused-ring (bicyclic) bond motifs is 1. The first kappa shape index (κ1) is 7.71. The van der Waals surface area contributed by atoms with E-state index >= 15 is 0 Å². The lowest BCUT2D eigenvalue weighted by Crippen LogP contribution is -1.95. The third-order valence-electron chi connectivity index (χ3n) is 1.98. The third-order valence-corrected chi connectivity index (χ3v) is 3.01. The van der Waals surface area contributed by atoms with E-state index in [1.54, 1.807) is 0 Å². The lowest BCUT2D eigenvalue weighted by molar-refractivity contribution is 1.09. The first-order valence-corrected chi connectivity index (χ1v) is 4.64. The van der Waals surface area contributed by atoms with Gasteiger partial charge in [-0.25, -0.2) is 0 Å². The Kier molecular flexibility index (Phi) is 1.83. The molecule has 0 atom stereocenters. The summed E-state index contributed by atoms with van der Waals surface area (Å²) >= 11 is 1.54. The van der Waals surface area contributed by atoms with Gasteiger partial charge in [0.1, 0.15) is 0 Å². The van der Waals surface area contributed by atoms with Crippen LogP contribution in [-0.2, 0) is 6.54 Å². The van der Waals surface area contributed by atoms with Gasteiger partial charge in [-0.15, -0.1) is 0 Å². The third kappa shape index (κ3) is 1.02. The van der Waals surface area contributed by atoms with Gasteiger partial charge in [0.15, 0.2) is 0 Å². The molecule has 2 N–H and O–H groups in total. The van der Waals surface area contributed by atoms with Gasteiger partial charge in [0, 0.05) is 11.9 Å². The fraction of sp³-hybridized carbons (Fsp3) is 0.222. The summed E-state index contributed by atoms with van der Waals surface area (Å²) in [6, 6.07) is 6.18. The molecule has 0 saturated carbocycles. The Labute approximate surface area is 75.2 Å². The van der Waals surface area contributed by atoms with E-state index in [4.69, 9.17) is 5.73 Å². The fourth-order valence-corrected chi connectivity index (χ4v) is 2.21. The number of benzene rings is 1. The van der Waals surface area contributed by atoms with Gasteiger partial charge in [-0.05, 0) is 24.0 Å². The highest BCUT2D eigenvalue weighted by atomic mass is 32.1. The molecule has 1 aromatic heterocycles. The maximum atomic E-state index is 5.60. The Morgan fingerprint density at radius 2 is 2.33 bits per heavy atom. The van der Waals surface area contributed by atoms with Gasteiger partial charge in [0.25, 0.3) is 0 Å². The molecule has 1 aromatic carbocycles. The van der Waals surface area contributed by atoms with Crippen molar-refractivity contribution in [3.63, 3.8) is 0 Å². The summed E-state index contributed by atoms with van der Waals surface area (Å²) in [6.07, 6.45) is 0. The monoisotopic (exact) mass is 178 g/mol. The SMILES string of the molecule is Cc1nsc2c(CN)cccc12. The van der Waals surface area contributed by atoms with Crippen LogP contribution in [0.5, 0.6) is 0 Å². The fourth-order valence-electron chi connectivity index (χ4n) is 1.30. The van der Waals surface area contributed by atoms with Crippen LogP contribution in [0.3, 0.4) is 0 Å². The molecular weight excluding hydrogens is 168 g/mol. The number of aryl methyl sites for hydroxylation is 1. The zero-order valence-electron chi connectivity index (χ0n) is 6.87. The molecule has 0 amide bonds.